The molecule has 1 saturated heterocycles. The fourth-order valence-corrected chi connectivity index (χ4v) is 2.96. The van der Waals surface area contributed by atoms with Gasteiger partial charge in [0.1, 0.15) is 5.75 Å². The lowest BCUT2D eigenvalue weighted by molar-refractivity contribution is 0.115. The maximum absolute atomic E-state index is 9.91. The fraction of sp³-hybridized carbons (Fsp3) is 0.538. The van der Waals surface area contributed by atoms with Crippen LogP contribution in [0.2, 0.25) is 10.0 Å². The Labute approximate surface area is 117 Å². The van der Waals surface area contributed by atoms with Crippen LogP contribution >= 0.6 is 23.2 Å². The highest BCUT2D eigenvalue weighted by atomic mass is 35.5. The van der Waals surface area contributed by atoms with E-state index in [9.17, 15) is 10.2 Å². The Balaban J connectivity index is 2.09. The van der Waals surface area contributed by atoms with Crippen molar-refractivity contribution in [2.24, 2.45) is 5.92 Å². The number of rotatable bonds is 3. The third-order valence-electron chi connectivity index (χ3n) is 3.36. The van der Waals surface area contributed by atoms with Crippen LogP contribution in [-0.2, 0) is 6.54 Å². The van der Waals surface area contributed by atoms with Gasteiger partial charge in [0.15, 0.2) is 0 Å². The number of likely N-dealkylation sites (tertiary alicyclic amines) is 1. The van der Waals surface area contributed by atoms with E-state index in [4.69, 9.17) is 23.2 Å². The van der Waals surface area contributed by atoms with Crippen molar-refractivity contribution in [3.05, 3.63) is 27.7 Å². The van der Waals surface area contributed by atoms with E-state index in [1.807, 2.05) is 0 Å². The standard InChI is InChI=1S/C13H17Cl2NO2/c14-11-4-10(13(18)12(15)5-11)7-16-3-1-2-9(6-16)8-17/h4-5,9,17-18H,1-3,6-8H2. The van der Waals surface area contributed by atoms with E-state index >= 15 is 0 Å². The van der Waals surface area contributed by atoms with Gasteiger partial charge >= 0.3 is 0 Å². The average molecular weight is 290 g/mol. The van der Waals surface area contributed by atoms with Gasteiger partial charge < -0.3 is 10.2 Å². The van der Waals surface area contributed by atoms with Crippen molar-refractivity contribution in [2.45, 2.75) is 19.4 Å². The van der Waals surface area contributed by atoms with Gasteiger partial charge in [-0.15, -0.1) is 0 Å². The van der Waals surface area contributed by atoms with Crippen molar-refractivity contribution in [3.63, 3.8) is 0 Å². The van der Waals surface area contributed by atoms with Gasteiger partial charge in [-0.2, -0.15) is 0 Å². The van der Waals surface area contributed by atoms with Crippen molar-refractivity contribution in [2.75, 3.05) is 19.7 Å². The molecule has 0 radical (unpaired) electrons. The molecule has 1 unspecified atom stereocenters. The molecule has 0 aromatic heterocycles. The van der Waals surface area contributed by atoms with E-state index in [2.05, 4.69) is 4.90 Å². The van der Waals surface area contributed by atoms with Crippen LogP contribution in [0.5, 0.6) is 5.75 Å². The second kappa shape index (κ2) is 6.11. The molecule has 0 amide bonds. The third-order valence-corrected chi connectivity index (χ3v) is 3.87. The highest BCUT2D eigenvalue weighted by Crippen LogP contribution is 2.32. The lowest BCUT2D eigenvalue weighted by Crippen LogP contribution is -2.36. The molecule has 3 nitrogen and oxygen atoms in total. The Morgan fingerprint density at radius 3 is 2.83 bits per heavy atom. The second-order valence-electron chi connectivity index (χ2n) is 4.82. The Kier molecular flexibility index (Phi) is 4.73. The molecule has 1 aliphatic rings. The van der Waals surface area contributed by atoms with Crippen LogP contribution in [0.15, 0.2) is 12.1 Å². The summed E-state index contributed by atoms with van der Waals surface area (Å²) in [5.74, 6) is 0.433. The summed E-state index contributed by atoms with van der Waals surface area (Å²) >= 11 is 11.8. The first-order valence-corrected chi connectivity index (χ1v) is 6.86. The SMILES string of the molecule is OCC1CCCN(Cc2cc(Cl)cc(Cl)c2O)C1. The molecule has 2 N–H and O–H groups in total. The molecule has 1 atom stereocenters. The van der Waals surface area contributed by atoms with Crippen LogP contribution in [0.3, 0.4) is 0 Å². The van der Waals surface area contributed by atoms with Gasteiger partial charge in [0, 0.05) is 30.3 Å². The van der Waals surface area contributed by atoms with Gasteiger partial charge in [-0.25, -0.2) is 0 Å². The summed E-state index contributed by atoms with van der Waals surface area (Å²) in [7, 11) is 0. The molecular formula is C13H17Cl2NO2. The summed E-state index contributed by atoms with van der Waals surface area (Å²) in [6.45, 7) is 2.65. The van der Waals surface area contributed by atoms with Crippen LogP contribution < -0.4 is 0 Å². The van der Waals surface area contributed by atoms with Gasteiger partial charge in [-0.1, -0.05) is 23.2 Å². The zero-order valence-corrected chi connectivity index (χ0v) is 11.6. The number of aromatic hydroxyl groups is 1. The number of piperidine rings is 1. The average Bonchev–Trinajstić information content (AvgIpc) is 2.35. The molecule has 1 aromatic carbocycles. The molecule has 0 aliphatic carbocycles. The zero-order chi connectivity index (χ0) is 13.1. The minimum atomic E-state index is 0.104. The first-order chi connectivity index (χ1) is 8.60. The molecule has 1 fully saturated rings. The van der Waals surface area contributed by atoms with Crippen LogP contribution in [0, 0.1) is 5.92 Å². The Hall–Kier alpha value is -0.480. The smallest absolute Gasteiger partial charge is 0.138 e. The van der Waals surface area contributed by atoms with Gasteiger partial charge in [0.05, 0.1) is 5.02 Å². The van der Waals surface area contributed by atoms with E-state index in [0.717, 1.165) is 31.5 Å². The summed E-state index contributed by atoms with van der Waals surface area (Å²) in [5.41, 5.74) is 0.742. The Morgan fingerprint density at radius 1 is 1.33 bits per heavy atom. The molecule has 100 valence electrons. The molecule has 2 rings (SSSR count). The predicted octanol–water partition coefficient (Wildman–Crippen LogP) is 2.90. The van der Waals surface area contributed by atoms with Crippen LogP contribution in [0.4, 0.5) is 0 Å². The summed E-state index contributed by atoms with van der Waals surface area (Å²) in [5, 5.41) is 19.9. The monoisotopic (exact) mass is 289 g/mol. The highest BCUT2D eigenvalue weighted by Gasteiger charge is 2.20. The maximum Gasteiger partial charge on any atom is 0.138 e. The number of aliphatic hydroxyl groups excluding tert-OH is 1. The van der Waals surface area contributed by atoms with E-state index in [0.29, 0.717) is 17.5 Å². The number of halogens is 2. The Morgan fingerprint density at radius 2 is 2.11 bits per heavy atom. The van der Waals surface area contributed by atoms with Crippen molar-refractivity contribution in [1.29, 1.82) is 0 Å². The normalized spacial score (nSPS) is 21.2. The lowest BCUT2D eigenvalue weighted by atomic mass is 9.98. The minimum Gasteiger partial charge on any atom is -0.506 e. The van der Waals surface area contributed by atoms with E-state index in [1.165, 1.54) is 6.07 Å². The topological polar surface area (TPSA) is 43.7 Å². The quantitative estimate of drug-likeness (QED) is 0.899. The number of phenols is 1. The number of hydrogen-bond donors (Lipinski definition) is 2. The number of benzene rings is 1. The highest BCUT2D eigenvalue weighted by molar-refractivity contribution is 6.35. The third kappa shape index (κ3) is 3.29. The molecule has 1 aromatic rings. The molecule has 0 saturated carbocycles. The summed E-state index contributed by atoms with van der Waals surface area (Å²) < 4.78 is 0. The van der Waals surface area contributed by atoms with Crippen LogP contribution in [-0.4, -0.2) is 34.8 Å². The molecule has 5 heteroatoms. The zero-order valence-electron chi connectivity index (χ0n) is 10.1. The second-order valence-corrected chi connectivity index (χ2v) is 5.66. The largest absolute Gasteiger partial charge is 0.506 e. The number of nitrogens with zero attached hydrogens (tertiary/aromatic N) is 1. The lowest BCUT2D eigenvalue weighted by Gasteiger charge is -2.32. The van der Waals surface area contributed by atoms with Gasteiger partial charge in [0.25, 0.3) is 0 Å². The molecular weight excluding hydrogens is 273 g/mol. The first-order valence-electron chi connectivity index (χ1n) is 6.10. The number of aliphatic hydroxyl groups is 1. The summed E-state index contributed by atoms with van der Waals surface area (Å²) in [6, 6.07) is 3.28. The maximum atomic E-state index is 9.91. The molecule has 18 heavy (non-hydrogen) atoms. The first kappa shape index (κ1) is 13.9. The molecule has 1 heterocycles. The fourth-order valence-electron chi connectivity index (χ4n) is 2.42. The number of phenolic OH excluding ortho intramolecular Hbond substituents is 1. The van der Waals surface area contributed by atoms with Crippen LogP contribution in [0.1, 0.15) is 18.4 Å². The van der Waals surface area contributed by atoms with Crippen molar-refractivity contribution in [1.82, 2.24) is 4.90 Å². The van der Waals surface area contributed by atoms with Crippen molar-refractivity contribution in [3.8, 4) is 5.75 Å². The van der Waals surface area contributed by atoms with Gasteiger partial charge in [-0.05, 0) is 37.4 Å². The van der Waals surface area contributed by atoms with Crippen molar-refractivity contribution >= 4 is 23.2 Å². The van der Waals surface area contributed by atoms with E-state index in [1.54, 1.807) is 6.07 Å². The Bertz CT molecular complexity index is 426. The molecule has 0 spiro atoms. The minimum absolute atomic E-state index is 0.104. The van der Waals surface area contributed by atoms with Gasteiger partial charge in [-0.3, -0.25) is 4.90 Å². The van der Waals surface area contributed by atoms with Crippen LogP contribution in [0.25, 0.3) is 0 Å². The molecule has 0 bridgehead atoms. The predicted molar refractivity (Wildman–Crippen MR) is 73.2 cm³/mol. The summed E-state index contributed by atoms with van der Waals surface area (Å²) in [6.07, 6.45) is 2.13. The van der Waals surface area contributed by atoms with E-state index < -0.39 is 0 Å². The van der Waals surface area contributed by atoms with E-state index in [-0.39, 0.29) is 17.4 Å². The summed E-state index contributed by atoms with van der Waals surface area (Å²) in [4.78, 5) is 2.21. The van der Waals surface area contributed by atoms with Crippen molar-refractivity contribution < 1.29 is 10.2 Å². The van der Waals surface area contributed by atoms with Gasteiger partial charge in [0.2, 0.25) is 0 Å². The molecule has 1 aliphatic heterocycles. The number of hydrogen-bond acceptors (Lipinski definition) is 3.